The van der Waals surface area contributed by atoms with Crippen LogP contribution in [0, 0.1) is 12.8 Å². The number of sulfonamides is 1. The molecular formula is C16H23F3N4O5S2. The van der Waals surface area contributed by atoms with Crippen molar-refractivity contribution < 1.29 is 36.3 Å². The van der Waals surface area contributed by atoms with Crippen molar-refractivity contribution in [3.63, 3.8) is 0 Å². The summed E-state index contributed by atoms with van der Waals surface area (Å²) in [5.41, 5.74) is 1.03. The summed E-state index contributed by atoms with van der Waals surface area (Å²) >= 11 is 1.62. The average Bonchev–Trinajstić information content (AvgIpc) is 3.27. The number of carbonyl (C=O) groups is 2. The highest BCUT2D eigenvalue weighted by Crippen LogP contribution is 2.38. The summed E-state index contributed by atoms with van der Waals surface area (Å²) in [5, 5.41) is 12.8. The van der Waals surface area contributed by atoms with Crippen LogP contribution in [0.15, 0.2) is 5.38 Å². The smallest absolute Gasteiger partial charge is 0.475 e. The Morgan fingerprint density at radius 1 is 1.37 bits per heavy atom. The third kappa shape index (κ3) is 5.89. The number of aryl methyl sites for hydroxylation is 1. The highest BCUT2D eigenvalue weighted by atomic mass is 32.2. The number of rotatable bonds is 4. The number of carboxylic acid groups (broad SMARTS) is 1. The van der Waals surface area contributed by atoms with Gasteiger partial charge in [-0.15, -0.1) is 11.3 Å². The Kier molecular flexibility index (Phi) is 7.48. The number of fused-ring (bicyclic) bond motifs is 1. The van der Waals surface area contributed by atoms with Crippen LogP contribution in [0.25, 0.3) is 0 Å². The van der Waals surface area contributed by atoms with Crippen LogP contribution in [0.1, 0.15) is 17.1 Å². The monoisotopic (exact) mass is 472 g/mol. The van der Waals surface area contributed by atoms with Crippen molar-refractivity contribution in [2.75, 3.05) is 26.4 Å². The van der Waals surface area contributed by atoms with Crippen LogP contribution in [0.2, 0.25) is 0 Å². The Labute approximate surface area is 175 Å². The molecule has 0 bridgehead atoms. The van der Waals surface area contributed by atoms with Gasteiger partial charge in [0, 0.05) is 38.1 Å². The summed E-state index contributed by atoms with van der Waals surface area (Å²) in [6, 6.07) is -0.694. The molecule has 0 radical (unpaired) electrons. The van der Waals surface area contributed by atoms with Gasteiger partial charge in [-0.1, -0.05) is 0 Å². The molecule has 0 spiro atoms. The molecule has 0 unspecified atom stereocenters. The molecule has 2 aliphatic rings. The Morgan fingerprint density at radius 2 is 1.97 bits per heavy atom. The van der Waals surface area contributed by atoms with E-state index in [1.165, 1.54) is 10.6 Å². The second-order valence-electron chi connectivity index (χ2n) is 7.14. The molecule has 2 fully saturated rings. The van der Waals surface area contributed by atoms with Crippen molar-refractivity contribution in [3.05, 3.63) is 16.1 Å². The summed E-state index contributed by atoms with van der Waals surface area (Å²) in [4.78, 5) is 27.6. The number of thiazole rings is 1. The first-order valence-corrected chi connectivity index (χ1v) is 11.6. The number of nitrogens with one attached hydrogen (secondary N) is 1. The lowest BCUT2D eigenvalue weighted by atomic mass is 10.0. The summed E-state index contributed by atoms with van der Waals surface area (Å²) in [7, 11) is -1.87. The zero-order valence-electron chi connectivity index (χ0n) is 16.5. The predicted octanol–water partition coefficient (Wildman–Crippen LogP) is 0.665. The molecule has 9 nitrogen and oxygen atoms in total. The van der Waals surface area contributed by atoms with Gasteiger partial charge in [-0.2, -0.15) is 17.5 Å². The van der Waals surface area contributed by atoms with Crippen LogP contribution in [0.3, 0.4) is 0 Å². The minimum absolute atomic E-state index is 0.118. The van der Waals surface area contributed by atoms with E-state index in [-0.39, 0.29) is 17.9 Å². The van der Waals surface area contributed by atoms with Crippen LogP contribution >= 0.6 is 11.3 Å². The van der Waals surface area contributed by atoms with E-state index in [0.29, 0.717) is 13.0 Å². The molecule has 3 atom stereocenters. The number of carbonyl (C=O) groups excluding carboxylic acids is 1. The number of likely N-dealkylation sites (N-methyl/N-ethyl adjacent to an activating group) is 1. The molecule has 0 aliphatic carbocycles. The number of hydrogen-bond acceptors (Lipinski definition) is 7. The zero-order valence-corrected chi connectivity index (χ0v) is 18.1. The molecule has 3 heterocycles. The van der Waals surface area contributed by atoms with Gasteiger partial charge >= 0.3 is 12.1 Å². The molecule has 2 N–H and O–H groups in total. The molecule has 3 rings (SSSR count). The van der Waals surface area contributed by atoms with Gasteiger partial charge in [0.15, 0.2) is 0 Å². The Bertz CT molecular complexity index is 890. The first kappa shape index (κ1) is 24.5. The summed E-state index contributed by atoms with van der Waals surface area (Å²) in [5.74, 6) is -2.77. The molecule has 14 heteroatoms. The standard InChI is InChI=1S/C14H22N4O3S2.C2HF3O2/c1-9-16-11(8-22-9)6-17-5-10-4-12(14(19)15-2)18(13(10)7-17)23(3,20)21;3-2(4,5)1(6)7/h8,10,12-13H,4-7H2,1-3H3,(H,15,19);(H,6,7)/t10-,12-,13+;/m1./s1. The van der Waals surface area contributed by atoms with E-state index in [0.717, 1.165) is 23.8 Å². The van der Waals surface area contributed by atoms with Crippen molar-refractivity contribution in [1.29, 1.82) is 0 Å². The van der Waals surface area contributed by atoms with E-state index in [4.69, 9.17) is 9.90 Å². The lowest BCUT2D eigenvalue weighted by Crippen LogP contribution is -2.49. The molecule has 0 saturated carbocycles. The first-order chi connectivity index (χ1) is 13.7. The molecule has 2 saturated heterocycles. The fourth-order valence-corrected chi connectivity index (χ4v) is 5.77. The number of amides is 1. The Morgan fingerprint density at radius 3 is 2.40 bits per heavy atom. The van der Waals surface area contributed by atoms with E-state index in [9.17, 15) is 26.4 Å². The number of aliphatic carboxylic acids is 1. The molecule has 1 aromatic heterocycles. The summed E-state index contributed by atoms with van der Waals surface area (Å²) in [6.07, 6.45) is -3.30. The number of alkyl halides is 3. The van der Waals surface area contributed by atoms with Crippen molar-refractivity contribution in [2.24, 2.45) is 5.92 Å². The molecular weight excluding hydrogens is 449 g/mol. The van der Waals surface area contributed by atoms with Crippen molar-refractivity contribution in [1.82, 2.24) is 19.5 Å². The number of likely N-dealkylation sites (tertiary alicyclic amines) is 1. The lowest BCUT2D eigenvalue weighted by molar-refractivity contribution is -0.192. The number of carboxylic acids is 1. The molecule has 1 aromatic rings. The minimum Gasteiger partial charge on any atom is -0.475 e. The fourth-order valence-electron chi connectivity index (χ4n) is 3.79. The van der Waals surface area contributed by atoms with E-state index >= 15 is 0 Å². The Balaban J connectivity index is 0.000000396. The van der Waals surface area contributed by atoms with E-state index in [2.05, 4.69) is 15.2 Å². The van der Waals surface area contributed by atoms with Crippen LogP contribution < -0.4 is 5.32 Å². The van der Waals surface area contributed by atoms with Gasteiger partial charge in [0.1, 0.15) is 6.04 Å². The van der Waals surface area contributed by atoms with Crippen LogP contribution in [-0.4, -0.2) is 84.2 Å². The van der Waals surface area contributed by atoms with E-state index in [1.54, 1.807) is 18.4 Å². The maximum atomic E-state index is 12.2. The highest BCUT2D eigenvalue weighted by Gasteiger charge is 2.52. The van der Waals surface area contributed by atoms with Gasteiger partial charge in [0.25, 0.3) is 0 Å². The van der Waals surface area contributed by atoms with Crippen molar-refractivity contribution in [2.45, 2.75) is 38.1 Å². The SMILES string of the molecule is CNC(=O)[C@H]1C[C@@H]2CN(Cc3csc(C)n3)C[C@@H]2N1S(C)(=O)=O.O=C(O)C(F)(F)F. The van der Waals surface area contributed by atoms with Crippen LogP contribution in [-0.2, 0) is 26.2 Å². The van der Waals surface area contributed by atoms with Gasteiger partial charge in [0.05, 0.1) is 17.0 Å². The molecule has 2 aliphatic heterocycles. The molecule has 170 valence electrons. The topological polar surface area (TPSA) is 120 Å². The van der Waals surface area contributed by atoms with Gasteiger partial charge in [-0.3, -0.25) is 9.69 Å². The second-order valence-corrected chi connectivity index (χ2v) is 10.1. The molecule has 0 aromatic carbocycles. The zero-order chi connectivity index (χ0) is 22.9. The molecule has 1 amide bonds. The Hall–Kier alpha value is -1.77. The maximum Gasteiger partial charge on any atom is 0.490 e. The normalized spacial score (nSPS) is 24.8. The summed E-state index contributed by atoms with van der Waals surface area (Å²) < 4.78 is 57.5. The van der Waals surface area contributed by atoms with E-state index < -0.39 is 28.2 Å². The van der Waals surface area contributed by atoms with Gasteiger partial charge in [0.2, 0.25) is 15.9 Å². The third-order valence-electron chi connectivity index (χ3n) is 4.87. The van der Waals surface area contributed by atoms with E-state index in [1.807, 2.05) is 12.3 Å². The quantitative estimate of drug-likeness (QED) is 0.661. The summed E-state index contributed by atoms with van der Waals surface area (Å²) in [6.45, 7) is 4.17. The average molecular weight is 473 g/mol. The molecule has 30 heavy (non-hydrogen) atoms. The van der Waals surface area contributed by atoms with Crippen LogP contribution in [0.4, 0.5) is 13.2 Å². The lowest BCUT2D eigenvalue weighted by Gasteiger charge is -2.27. The van der Waals surface area contributed by atoms with Crippen molar-refractivity contribution in [3.8, 4) is 0 Å². The number of nitrogens with zero attached hydrogens (tertiary/aromatic N) is 3. The van der Waals surface area contributed by atoms with Gasteiger partial charge < -0.3 is 10.4 Å². The second kappa shape index (κ2) is 9.16. The predicted molar refractivity (Wildman–Crippen MR) is 102 cm³/mol. The van der Waals surface area contributed by atoms with Crippen LogP contribution in [0.5, 0.6) is 0 Å². The highest BCUT2D eigenvalue weighted by molar-refractivity contribution is 7.88. The fraction of sp³-hybridized carbons (Fsp3) is 0.688. The third-order valence-corrected chi connectivity index (χ3v) is 6.98. The maximum absolute atomic E-state index is 12.2. The number of hydrogen-bond donors (Lipinski definition) is 2. The minimum atomic E-state index is -5.08. The first-order valence-electron chi connectivity index (χ1n) is 8.87. The number of halogens is 3. The van der Waals surface area contributed by atoms with Gasteiger partial charge in [-0.05, 0) is 19.3 Å². The number of aromatic nitrogens is 1. The van der Waals surface area contributed by atoms with Gasteiger partial charge in [-0.25, -0.2) is 18.2 Å². The largest absolute Gasteiger partial charge is 0.490 e. The van der Waals surface area contributed by atoms with Crippen molar-refractivity contribution >= 4 is 33.2 Å².